The molecule has 1 aliphatic heterocycles. The summed E-state index contributed by atoms with van der Waals surface area (Å²) >= 11 is 5.39. The van der Waals surface area contributed by atoms with Crippen molar-refractivity contribution >= 4 is 34.6 Å². The average Bonchev–Trinajstić information content (AvgIpc) is 3.23. The lowest BCUT2D eigenvalue weighted by Crippen LogP contribution is -2.37. The van der Waals surface area contributed by atoms with Crippen molar-refractivity contribution < 1.29 is 18.8 Å². The van der Waals surface area contributed by atoms with Crippen molar-refractivity contribution in [2.45, 2.75) is 12.5 Å². The third-order valence-corrected chi connectivity index (χ3v) is 3.96. The van der Waals surface area contributed by atoms with Crippen LogP contribution in [0, 0.1) is 6.92 Å². The standard InChI is InChI=1S/C17H11ClN2O4/c1-10-12(5-8-24-10)14(21)15(22)17(6-2-7-20-17)13-4-3-11(9-19-13)16(18)23/h2-9H,1H3. The average molecular weight is 343 g/mol. The monoisotopic (exact) mass is 342 g/mol. The summed E-state index contributed by atoms with van der Waals surface area (Å²) in [5.41, 5.74) is -0.948. The van der Waals surface area contributed by atoms with Crippen molar-refractivity contribution in [3.63, 3.8) is 0 Å². The Morgan fingerprint density at radius 2 is 2.00 bits per heavy atom. The fourth-order valence-corrected chi connectivity index (χ4v) is 2.55. The molecule has 1 aliphatic rings. The first kappa shape index (κ1) is 16.0. The zero-order chi connectivity index (χ0) is 17.3. The van der Waals surface area contributed by atoms with Crippen LogP contribution in [0.5, 0.6) is 0 Å². The number of hydrogen-bond donors (Lipinski definition) is 0. The fourth-order valence-electron chi connectivity index (χ4n) is 2.44. The lowest BCUT2D eigenvalue weighted by molar-refractivity contribution is -0.118. The van der Waals surface area contributed by atoms with Gasteiger partial charge in [0, 0.05) is 12.4 Å². The van der Waals surface area contributed by atoms with Gasteiger partial charge in [-0.2, -0.15) is 0 Å². The smallest absolute Gasteiger partial charge is 0.253 e. The lowest BCUT2D eigenvalue weighted by Gasteiger charge is -2.21. The minimum absolute atomic E-state index is 0.183. The van der Waals surface area contributed by atoms with Crippen molar-refractivity contribution in [2.24, 2.45) is 4.99 Å². The number of halogens is 1. The number of hydrogen-bond acceptors (Lipinski definition) is 6. The number of carbonyl (C=O) groups excluding carboxylic acids is 3. The van der Waals surface area contributed by atoms with Gasteiger partial charge in [-0.05, 0) is 48.9 Å². The maximum absolute atomic E-state index is 12.8. The van der Waals surface area contributed by atoms with Gasteiger partial charge in [0.05, 0.1) is 23.1 Å². The van der Waals surface area contributed by atoms with Crippen LogP contribution in [0.25, 0.3) is 0 Å². The van der Waals surface area contributed by atoms with Crippen LogP contribution in [-0.2, 0) is 10.3 Å². The van der Waals surface area contributed by atoms with Crippen molar-refractivity contribution in [3.8, 4) is 0 Å². The number of pyridine rings is 1. The predicted octanol–water partition coefficient (Wildman–Crippen LogP) is 2.65. The Kier molecular flexibility index (Phi) is 3.99. The molecule has 2 aromatic heterocycles. The van der Waals surface area contributed by atoms with E-state index in [-0.39, 0.29) is 16.8 Å². The second kappa shape index (κ2) is 5.98. The largest absolute Gasteiger partial charge is 0.469 e. The van der Waals surface area contributed by atoms with Crippen LogP contribution in [0.15, 0.2) is 52.2 Å². The van der Waals surface area contributed by atoms with Crippen LogP contribution in [0.4, 0.5) is 0 Å². The van der Waals surface area contributed by atoms with Gasteiger partial charge in [0.2, 0.25) is 11.6 Å². The Morgan fingerprint density at radius 1 is 1.21 bits per heavy atom. The number of aryl methyl sites for hydroxylation is 1. The van der Waals surface area contributed by atoms with Crippen LogP contribution in [-0.4, -0.2) is 28.0 Å². The summed E-state index contributed by atoms with van der Waals surface area (Å²) in [5, 5.41) is -0.662. The summed E-state index contributed by atoms with van der Waals surface area (Å²) in [6.07, 6.45) is 7.07. The molecule has 1 unspecified atom stereocenters. The van der Waals surface area contributed by atoms with E-state index >= 15 is 0 Å². The summed E-state index contributed by atoms with van der Waals surface area (Å²) in [4.78, 5) is 44.8. The fraction of sp³-hybridized carbons (Fsp3) is 0.118. The maximum atomic E-state index is 12.8. The summed E-state index contributed by atoms with van der Waals surface area (Å²) in [6.45, 7) is 1.60. The normalized spacial score (nSPS) is 18.8. The zero-order valence-corrected chi connectivity index (χ0v) is 13.3. The van der Waals surface area contributed by atoms with E-state index in [2.05, 4.69) is 9.98 Å². The van der Waals surface area contributed by atoms with Gasteiger partial charge < -0.3 is 4.42 Å². The summed E-state index contributed by atoms with van der Waals surface area (Å²) in [6, 6.07) is 4.33. The van der Waals surface area contributed by atoms with E-state index in [4.69, 9.17) is 16.0 Å². The summed E-state index contributed by atoms with van der Waals surface area (Å²) in [5.74, 6) is -1.12. The van der Waals surface area contributed by atoms with E-state index in [0.717, 1.165) is 0 Å². The predicted molar refractivity (Wildman–Crippen MR) is 86.5 cm³/mol. The van der Waals surface area contributed by atoms with Gasteiger partial charge in [-0.1, -0.05) is 0 Å². The van der Waals surface area contributed by atoms with Crippen LogP contribution in [0.3, 0.4) is 0 Å². The summed E-state index contributed by atoms with van der Waals surface area (Å²) in [7, 11) is 0. The third-order valence-electron chi connectivity index (χ3n) is 3.74. The molecule has 0 bridgehead atoms. The number of rotatable bonds is 5. The molecule has 1 atom stereocenters. The Hall–Kier alpha value is -2.86. The minimum Gasteiger partial charge on any atom is -0.469 e. The molecule has 2 aromatic rings. The number of allylic oxidation sites excluding steroid dienone is 1. The minimum atomic E-state index is -1.55. The van der Waals surface area contributed by atoms with Crippen LogP contribution < -0.4 is 0 Å². The highest BCUT2D eigenvalue weighted by atomic mass is 35.5. The Morgan fingerprint density at radius 3 is 2.50 bits per heavy atom. The molecule has 3 heterocycles. The van der Waals surface area contributed by atoms with Gasteiger partial charge >= 0.3 is 0 Å². The van der Waals surface area contributed by atoms with E-state index in [9.17, 15) is 14.4 Å². The van der Waals surface area contributed by atoms with Gasteiger partial charge in [-0.25, -0.2) is 0 Å². The molecular weight excluding hydrogens is 332 g/mol. The Labute approximate surface area is 141 Å². The maximum Gasteiger partial charge on any atom is 0.253 e. The molecule has 7 heteroatoms. The van der Waals surface area contributed by atoms with Gasteiger partial charge in [0.1, 0.15) is 5.76 Å². The quantitative estimate of drug-likeness (QED) is 0.473. The second-order valence-electron chi connectivity index (χ2n) is 5.16. The first-order chi connectivity index (χ1) is 11.5. The van der Waals surface area contributed by atoms with E-state index in [1.807, 2.05) is 0 Å². The van der Waals surface area contributed by atoms with E-state index < -0.39 is 22.3 Å². The third kappa shape index (κ3) is 2.51. The number of aromatic nitrogens is 1. The molecular formula is C17H11ClN2O4. The molecule has 0 amide bonds. The number of furan rings is 1. The van der Waals surface area contributed by atoms with E-state index in [1.165, 1.54) is 42.9 Å². The van der Waals surface area contributed by atoms with Gasteiger partial charge in [0.25, 0.3) is 5.24 Å². The van der Waals surface area contributed by atoms with Crippen LogP contribution in [0.2, 0.25) is 0 Å². The number of nitrogens with zero attached hydrogens (tertiary/aromatic N) is 2. The van der Waals surface area contributed by atoms with Crippen LogP contribution in [0.1, 0.15) is 32.2 Å². The molecule has 0 saturated heterocycles. The topological polar surface area (TPSA) is 89.6 Å². The molecule has 0 spiro atoms. The van der Waals surface area contributed by atoms with Gasteiger partial charge in [0.15, 0.2) is 5.54 Å². The van der Waals surface area contributed by atoms with Crippen molar-refractivity contribution in [1.29, 1.82) is 0 Å². The van der Waals surface area contributed by atoms with E-state index in [0.29, 0.717) is 5.76 Å². The zero-order valence-electron chi connectivity index (χ0n) is 12.5. The molecule has 6 nitrogen and oxygen atoms in total. The number of ketones is 2. The van der Waals surface area contributed by atoms with Crippen molar-refractivity contribution in [1.82, 2.24) is 4.98 Å². The van der Waals surface area contributed by atoms with Gasteiger partial charge in [-0.3, -0.25) is 24.4 Å². The molecule has 0 saturated carbocycles. The summed E-state index contributed by atoms with van der Waals surface area (Å²) < 4.78 is 5.08. The van der Waals surface area contributed by atoms with Gasteiger partial charge in [-0.15, -0.1) is 0 Å². The number of carbonyl (C=O) groups is 3. The van der Waals surface area contributed by atoms with Crippen molar-refractivity contribution in [2.75, 3.05) is 0 Å². The first-order valence-electron chi connectivity index (χ1n) is 6.98. The highest BCUT2D eigenvalue weighted by Gasteiger charge is 2.44. The first-order valence-corrected chi connectivity index (χ1v) is 7.36. The molecule has 0 radical (unpaired) electrons. The number of Topliss-reactive ketones (excluding diaryl/α,β-unsaturated/α-hetero) is 2. The Balaban J connectivity index is 2.03. The molecule has 0 fully saturated rings. The number of aliphatic imine (C=N–C) groups is 1. The lowest BCUT2D eigenvalue weighted by atomic mass is 9.86. The van der Waals surface area contributed by atoms with E-state index in [1.54, 1.807) is 13.0 Å². The molecule has 3 rings (SSSR count). The molecule has 120 valence electrons. The highest BCUT2D eigenvalue weighted by Crippen LogP contribution is 2.32. The second-order valence-corrected chi connectivity index (χ2v) is 5.50. The molecule has 24 heavy (non-hydrogen) atoms. The highest BCUT2D eigenvalue weighted by molar-refractivity contribution is 6.67. The van der Waals surface area contributed by atoms with Crippen LogP contribution >= 0.6 is 11.6 Å². The van der Waals surface area contributed by atoms with Crippen molar-refractivity contribution in [3.05, 3.63) is 65.4 Å². The molecule has 0 N–H and O–H groups in total. The molecule has 0 aliphatic carbocycles. The Bertz CT molecular complexity index is 882. The SMILES string of the molecule is Cc1occc1C(=O)C(=O)C1(c2ccc(C(=O)Cl)cn2)C=CC=N1. The molecule has 0 aromatic carbocycles.